The summed E-state index contributed by atoms with van der Waals surface area (Å²) in [6, 6.07) is 3.48. The van der Waals surface area contributed by atoms with E-state index in [1.54, 1.807) is 32.9 Å². The highest BCUT2D eigenvalue weighted by atomic mass is 16.5. The first kappa shape index (κ1) is 17.7. The Morgan fingerprint density at radius 1 is 1.21 bits per heavy atom. The molecule has 1 unspecified atom stereocenters. The van der Waals surface area contributed by atoms with Crippen LogP contribution in [0.5, 0.6) is 5.75 Å². The summed E-state index contributed by atoms with van der Waals surface area (Å²) in [5.41, 5.74) is 1.38. The monoisotopic (exact) mass is 332 g/mol. The summed E-state index contributed by atoms with van der Waals surface area (Å²) in [4.78, 5) is 35.1. The molecule has 0 fully saturated rings. The summed E-state index contributed by atoms with van der Waals surface area (Å²) in [7, 11) is 1.27. The SMILES string of the molecule is COC(=O)Cc1c(C)c2ccc(OC(C)C(C)=O)c(C)c2oc1=O. The number of rotatable bonds is 5. The molecule has 1 aromatic heterocycles. The molecule has 0 spiro atoms. The number of carbonyl (C=O) groups is 2. The molecule has 0 amide bonds. The zero-order chi connectivity index (χ0) is 18.0. The molecule has 0 aliphatic heterocycles. The second kappa shape index (κ2) is 6.86. The highest BCUT2D eigenvalue weighted by molar-refractivity contribution is 5.87. The van der Waals surface area contributed by atoms with Gasteiger partial charge in [0.2, 0.25) is 0 Å². The molecule has 0 N–H and O–H groups in total. The highest BCUT2D eigenvalue weighted by Crippen LogP contribution is 2.30. The quantitative estimate of drug-likeness (QED) is 0.618. The summed E-state index contributed by atoms with van der Waals surface area (Å²) < 4.78 is 15.6. The largest absolute Gasteiger partial charge is 0.483 e. The smallest absolute Gasteiger partial charge is 0.340 e. The van der Waals surface area contributed by atoms with Crippen molar-refractivity contribution in [2.24, 2.45) is 0 Å². The number of Topliss-reactive ketones (excluding diaryl/α,β-unsaturated/α-hetero) is 1. The van der Waals surface area contributed by atoms with Gasteiger partial charge in [0, 0.05) is 10.9 Å². The van der Waals surface area contributed by atoms with E-state index in [1.165, 1.54) is 14.0 Å². The summed E-state index contributed by atoms with van der Waals surface area (Å²) in [5, 5.41) is 0.717. The van der Waals surface area contributed by atoms with E-state index in [4.69, 9.17) is 9.15 Å². The van der Waals surface area contributed by atoms with Crippen LogP contribution >= 0.6 is 0 Å². The summed E-state index contributed by atoms with van der Waals surface area (Å²) in [6.45, 7) is 6.62. The van der Waals surface area contributed by atoms with Gasteiger partial charge < -0.3 is 13.9 Å². The molecule has 0 aliphatic rings. The van der Waals surface area contributed by atoms with Crippen LogP contribution in [0.25, 0.3) is 11.0 Å². The van der Waals surface area contributed by atoms with Gasteiger partial charge in [-0.15, -0.1) is 0 Å². The Balaban J connectivity index is 2.57. The van der Waals surface area contributed by atoms with Crippen molar-refractivity contribution in [3.63, 3.8) is 0 Å². The molecule has 1 heterocycles. The number of esters is 1. The van der Waals surface area contributed by atoms with Gasteiger partial charge in [0.15, 0.2) is 11.9 Å². The fourth-order valence-electron chi connectivity index (χ4n) is 2.39. The van der Waals surface area contributed by atoms with Gasteiger partial charge in [-0.05, 0) is 45.4 Å². The third-order valence-corrected chi connectivity index (χ3v) is 4.08. The number of ether oxygens (including phenoxy) is 2. The van der Waals surface area contributed by atoms with Crippen LogP contribution in [0.2, 0.25) is 0 Å². The Kier molecular flexibility index (Phi) is 5.07. The first-order valence-electron chi connectivity index (χ1n) is 7.56. The number of fused-ring (bicyclic) bond motifs is 1. The van der Waals surface area contributed by atoms with Crippen LogP contribution in [0.15, 0.2) is 21.3 Å². The lowest BCUT2D eigenvalue weighted by Crippen LogP contribution is -2.21. The Labute approximate surface area is 139 Å². The molecule has 0 bridgehead atoms. The van der Waals surface area contributed by atoms with Crippen LogP contribution < -0.4 is 10.4 Å². The van der Waals surface area contributed by atoms with E-state index in [2.05, 4.69) is 4.74 Å². The molecule has 0 aliphatic carbocycles. The van der Waals surface area contributed by atoms with E-state index in [1.807, 2.05) is 0 Å². The Morgan fingerprint density at radius 3 is 2.46 bits per heavy atom. The van der Waals surface area contributed by atoms with Crippen molar-refractivity contribution < 1.29 is 23.5 Å². The number of ketones is 1. The highest BCUT2D eigenvalue weighted by Gasteiger charge is 2.19. The average molecular weight is 332 g/mol. The molecular weight excluding hydrogens is 312 g/mol. The topological polar surface area (TPSA) is 82.8 Å². The zero-order valence-electron chi connectivity index (χ0n) is 14.4. The van der Waals surface area contributed by atoms with E-state index in [-0.39, 0.29) is 17.8 Å². The average Bonchev–Trinajstić information content (AvgIpc) is 2.54. The van der Waals surface area contributed by atoms with Gasteiger partial charge in [-0.25, -0.2) is 4.79 Å². The van der Waals surface area contributed by atoms with Crippen LogP contribution in [0.3, 0.4) is 0 Å². The number of aryl methyl sites for hydroxylation is 2. The lowest BCUT2D eigenvalue weighted by atomic mass is 10.0. The van der Waals surface area contributed by atoms with Crippen molar-refractivity contribution in [1.82, 2.24) is 0 Å². The fourth-order valence-corrected chi connectivity index (χ4v) is 2.39. The van der Waals surface area contributed by atoms with Gasteiger partial charge in [-0.2, -0.15) is 0 Å². The van der Waals surface area contributed by atoms with Crippen molar-refractivity contribution in [2.45, 2.75) is 40.2 Å². The molecule has 24 heavy (non-hydrogen) atoms. The Morgan fingerprint density at radius 2 is 1.88 bits per heavy atom. The number of carbonyl (C=O) groups excluding carboxylic acids is 2. The Bertz CT molecular complexity index is 862. The number of hydrogen-bond donors (Lipinski definition) is 0. The van der Waals surface area contributed by atoms with Crippen molar-refractivity contribution in [2.75, 3.05) is 7.11 Å². The van der Waals surface area contributed by atoms with Crippen LogP contribution in [0, 0.1) is 13.8 Å². The number of hydrogen-bond acceptors (Lipinski definition) is 6. The lowest BCUT2D eigenvalue weighted by molar-refractivity contribution is -0.139. The van der Waals surface area contributed by atoms with E-state index in [0.717, 1.165) is 0 Å². The van der Waals surface area contributed by atoms with Crippen LogP contribution in [0.4, 0.5) is 0 Å². The first-order chi connectivity index (χ1) is 11.3. The second-order valence-corrected chi connectivity index (χ2v) is 5.68. The van der Waals surface area contributed by atoms with E-state index in [0.29, 0.717) is 27.8 Å². The van der Waals surface area contributed by atoms with Gasteiger partial charge >= 0.3 is 11.6 Å². The first-order valence-corrected chi connectivity index (χ1v) is 7.56. The molecule has 2 aromatic rings. The van der Waals surface area contributed by atoms with Gasteiger partial charge in [0.25, 0.3) is 0 Å². The predicted octanol–water partition coefficient (Wildman–Crippen LogP) is 2.48. The molecule has 1 atom stereocenters. The standard InChI is InChI=1S/C18H20O6/c1-9-13-6-7-15(23-12(4)11(3)19)10(2)17(13)24-18(21)14(9)8-16(20)22-5/h6-7,12H,8H2,1-5H3. The third kappa shape index (κ3) is 3.32. The predicted molar refractivity (Wildman–Crippen MR) is 88.4 cm³/mol. The summed E-state index contributed by atoms with van der Waals surface area (Å²) >= 11 is 0. The van der Waals surface area contributed by atoms with Gasteiger partial charge in [-0.3, -0.25) is 9.59 Å². The molecule has 2 rings (SSSR count). The van der Waals surface area contributed by atoms with Crippen molar-refractivity contribution in [3.05, 3.63) is 39.2 Å². The fraction of sp³-hybridized carbons (Fsp3) is 0.389. The molecule has 0 saturated heterocycles. The zero-order valence-corrected chi connectivity index (χ0v) is 14.4. The summed E-state index contributed by atoms with van der Waals surface area (Å²) in [5.74, 6) is -0.120. The maximum atomic E-state index is 12.2. The van der Waals surface area contributed by atoms with Gasteiger partial charge in [0.05, 0.1) is 19.1 Å². The van der Waals surface area contributed by atoms with Crippen molar-refractivity contribution in [1.29, 1.82) is 0 Å². The molecular formula is C18H20O6. The van der Waals surface area contributed by atoms with Crippen LogP contribution in [-0.4, -0.2) is 25.0 Å². The molecule has 6 heteroatoms. The van der Waals surface area contributed by atoms with Gasteiger partial charge in [-0.1, -0.05) is 0 Å². The summed E-state index contributed by atoms with van der Waals surface area (Å²) in [6.07, 6.45) is -0.730. The lowest BCUT2D eigenvalue weighted by Gasteiger charge is -2.15. The minimum atomic E-state index is -0.590. The molecule has 0 radical (unpaired) electrons. The van der Waals surface area contributed by atoms with E-state index < -0.39 is 17.7 Å². The minimum Gasteiger partial charge on any atom is -0.483 e. The minimum absolute atomic E-state index is 0.0967. The molecule has 6 nitrogen and oxygen atoms in total. The van der Waals surface area contributed by atoms with Crippen molar-refractivity contribution in [3.8, 4) is 5.75 Å². The maximum Gasteiger partial charge on any atom is 0.340 e. The van der Waals surface area contributed by atoms with Crippen LogP contribution in [-0.2, 0) is 20.7 Å². The number of benzene rings is 1. The molecule has 1 aromatic carbocycles. The molecule has 128 valence electrons. The third-order valence-electron chi connectivity index (χ3n) is 4.08. The molecule has 0 saturated carbocycles. The van der Waals surface area contributed by atoms with Crippen molar-refractivity contribution >= 4 is 22.7 Å². The second-order valence-electron chi connectivity index (χ2n) is 5.68. The van der Waals surface area contributed by atoms with E-state index in [9.17, 15) is 14.4 Å². The normalized spacial score (nSPS) is 12.0. The maximum absolute atomic E-state index is 12.2. The number of methoxy groups -OCH3 is 1. The van der Waals surface area contributed by atoms with Gasteiger partial charge in [0.1, 0.15) is 11.3 Å². The van der Waals surface area contributed by atoms with Crippen LogP contribution in [0.1, 0.15) is 30.5 Å². The Hall–Kier alpha value is -2.63. The van der Waals surface area contributed by atoms with E-state index >= 15 is 0 Å².